The molecule has 78 valence electrons. The Morgan fingerprint density at radius 3 is 2.64 bits per heavy atom. The first-order valence-corrected chi connectivity index (χ1v) is 4.97. The van der Waals surface area contributed by atoms with Gasteiger partial charge in [0, 0.05) is 0 Å². The van der Waals surface area contributed by atoms with E-state index in [1.807, 2.05) is 18.2 Å². The number of benzene rings is 1. The van der Waals surface area contributed by atoms with E-state index in [-0.39, 0.29) is 0 Å². The third kappa shape index (κ3) is 3.11. The Bertz CT molecular complexity index is 283. The first-order valence-electron chi connectivity index (χ1n) is 4.97. The van der Waals surface area contributed by atoms with Gasteiger partial charge in [0.25, 0.3) is 0 Å². The molecule has 0 spiro atoms. The van der Waals surface area contributed by atoms with Gasteiger partial charge in [-0.3, -0.25) is 0 Å². The summed E-state index contributed by atoms with van der Waals surface area (Å²) in [6.07, 6.45) is -0.298. The summed E-state index contributed by atoms with van der Waals surface area (Å²) in [5.74, 6) is 0.567. The lowest BCUT2D eigenvalue weighted by Crippen LogP contribution is -1.99. The number of hydrogen-bond acceptors (Lipinski definition) is 1. The van der Waals surface area contributed by atoms with Crippen molar-refractivity contribution in [2.24, 2.45) is 5.92 Å². The van der Waals surface area contributed by atoms with Crippen LogP contribution in [-0.2, 0) is 6.42 Å². The SMILES string of the molecule is CC(C)Cc1cccc(C(F)CO)c1. The highest BCUT2D eigenvalue weighted by Crippen LogP contribution is 2.19. The van der Waals surface area contributed by atoms with Crippen LogP contribution in [0.15, 0.2) is 24.3 Å². The molecule has 0 fully saturated rings. The van der Waals surface area contributed by atoms with Crippen LogP contribution in [0.5, 0.6) is 0 Å². The zero-order valence-corrected chi connectivity index (χ0v) is 8.70. The molecule has 1 nitrogen and oxygen atoms in total. The molecular weight excluding hydrogens is 179 g/mol. The van der Waals surface area contributed by atoms with Crippen molar-refractivity contribution < 1.29 is 9.50 Å². The van der Waals surface area contributed by atoms with Crippen molar-refractivity contribution in [2.45, 2.75) is 26.4 Å². The molecule has 0 aromatic heterocycles. The van der Waals surface area contributed by atoms with E-state index in [9.17, 15) is 4.39 Å². The van der Waals surface area contributed by atoms with Gasteiger partial charge in [-0.15, -0.1) is 0 Å². The van der Waals surface area contributed by atoms with E-state index in [4.69, 9.17) is 5.11 Å². The second-order valence-electron chi connectivity index (χ2n) is 3.99. The Hall–Kier alpha value is -0.890. The fourth-order valence-corrected chi connectivity index (χ4v) is 1.49. The molecule has 0 saturated heterocycles. The van der Waals surface area contributed by atoms with Gasteiger partial charge in [0.05, 0.1) is 6.61 Å². The summed E-state index contributed by atoms with van der Waals surface area (Å²) < 4.78 is 13.1. The van der Waals surface area contributed by atoms with E-state index in [1.54, 1.807) is 6.07 Å². The van der Waals surface area contributed by atoms with Crippen molar-refractivity contribution in [3.63, 3.8) is 0 Å². The Morgan fingerprint density at radius 2 is 2.07 bits per heavy atom. The second kappa shape index (κ2) is 5.11. The molecule has 0 aliphatic rings. The lowest BCUT2D eigenvalue weighted by Gasteiger charge is -2.09. The molecular formula is C12H17FO. The summed E-state index contributed by atoms with van der Waals surface area (Å²) >= 11 is 0. The van der Waals surface area contributed by atoms with E-state index in [1.165, 1.54) is 0 Å². The van der Waals surface area contributed by atoms with Gasteiger partial charge in [0.1, 0.15) is 6.17 Å². The van der Waals surface area contributed by atoms with Gasteiger partial charge < -0.3 is 5.11 Å². The minimum absolute atomic E-state index is 0.439. The molecule has 1 atom stereocenters. The van der Waals surface area contributed by atoms with Crippen LogP contribution in [-0.4, -0.2) is 11.7 Å². The molecule has 0 saturated carbocycles. The molecule has 1 aromatic carbocycles. The molecule has 0 radical (unpaired) electrons. The minimum atomic E-state index is -1.25. The van der Waals surface area contributed by atoms with E-state index in [2.05, 4.69) is 13.8 Å². The van der Waals surface area contributed by atoms with Crippen molar-refractivity contribution in [2.75, 3.05) is 6.61 Å². The second-order valence-corrected chi connectivity index (χ2v) is 3.99. The zero-order valence-electron chi connectivity index (χ0n) is 8.70. The summed E-state index contributed by atoms with van der Waals surface area (Å²) in [6.45, 7) is 3.82. The quantitative estimate of drug-likeness (QED) is 0.785. The van der Waals surface area contributed by atoms with Crippen LogP contribution in [0.3, 0.4) is 0 Å². The van der Waals surface area contributed by atoms with Crippen LogP contribution in [0.1, 0.15) is 31.1 Å². The Kier molecular flexibility index (Phi) is 4.08. The fourth-order valence-electron chi connectivity index (χ4n) is 1.49. The van der Waals surface area contributed by atoms with Gasteiger partial charge in [-0.1, -0.05) is 38.1 Å². The van der Waals surface area contributed by atoms with Crippen molar-refractivity contribution >= 4 is 0 Å². The maximum Gasteiger partial charge on any atom is 0.148 e. The van der Waals surface area contributed by atoms with Gasteiger partial charge in [-0.2, -0.15) is 0 Å². The van der Waals surface area contributed by atoms with E-state index >= 15 is 0 Å². The van der Waals surface area contributed by atoms with Crippen molar-refractivity contribution in [1.29, 1.82) is 0 Å². The van der Waals surface area contributed by atoms with Gasteiger partial charge in [-0.25, -0.2) is 4.39 Å². The molecule has 0 aliphatic heterocycles. The maximum atomic E-state index is 13.1. The predicted molar refractivity (Wildman–Crippen MR) is 55.9 cm³/mol. The van der Waals surface area contributed by atoms with Gasteiger partial charge in [0.15, 0.2) is 0 Å². The highest BCUT2D eigenvalue weighted by Gasteiger charge is 2.08. The predicted octanol–water partition coefficient (Wildman–Crippen LogP) is 2.89. The minimum Gasteiger partial charge on any atom is -0.393 e. The molecule has 1 unspecified atom stereocenters. The van der Waals surface area contributed by atoms with Crippen molar-refractivity contribution in [1.82, 2.24) is 0 Å². The summed E-state index contributed by atoms with van der Waals surface area (Å²) in [4.78, 5) is 0. The summed E-state index contributed by atoms with van der Waals surface area (Å²) in [5.41, 5.74) is 1.71. The van der Waals surface area contributed by atoms with Gasteiger partial charge in [-0.05, 0) is 23.5 Å². The summed E-state index contributed by atoms with van der Waals surface area (Å²) in [5, 5.41) is 8.69. The number of aliphatic hydroxyl groups excluding tert-OH is 1. The largest absolute Gasteiger partial charge is 0.393 e. The fraction of sp³-hybridized carbons (Fsp3) is 0.500. The van der Waals surface area contributed by atoms with Gasteiger partial charge in [0.2, 0.25) is 0 Å². The van der Waals surface area contributed by atoms with Crippen LogP contribution < -0.4 is 0 Å². The number of rotatable bonds is 4. The molecule has 0 amide bonds. The van der Waals surface area contributed by atoms with Crippen LogP contribution in [0.4, 0.5) is 4.39 Å². The molecule has 14 heavy (non-hydrogen) atoms. The standard InChI is InChI=1S/C12H17FO/c1-9(2)6-10-4-3-5-11(7-10)12(13)8-14/h3-5,7,9,12,14H,6,8H2,1-2H3. The average Bonchev–Trinajstić information content (AvgIpc) is 2.16. The molecule has 1 N–H and O–H groups in total. The highest BCUT2D eigenvalue weighted by molar-refractivity contribution is 5.25. The van der Waals surface area contributed by atoms with Gasteiger partial charge >= 0.3 is 0 Å². The highest BCUT2D eigenvalue weighted by atomic mass is 19.1. The molecule has 0 aliphatic carbocycles. The Balaban J connectivity index is 2.78. The van der Waals surface area contributed by atoms with E-state index < -0.39 is 12.8 Å². The number of hydrogen-bond donors (Lipinski definition) is 1. The topological polar surface area (TPSA) is 20.2 Å². The van der Waals surface area contributed by atoms with Crippen LogP contribution in [0, 0.1) is 5.92 Å². The lowest BCUT2D eigenvalue weighted by molar-refractivity contribution is 0.180. The smallest absolute Gasteiger partial charge is 0.148 e. The van der Waals surface area contributed by atoms with E-state index in [0.717, 1.165) is 12.0 Å². The van der Waals surface area contributed by atoms with Crippen molar-refractivity contribution in [3.8, 4) is 0 Å². The van der Waals surface area contributed by atoms with Crippen LogP contribution >= 0.6 is 0 Å². The summed E-state index contributed by atoms with van der Waals surface area (Å²) in [7, 11) is 0. The molecule has 1 aromatic rings. The maximum absolute atomic E-state index is 13.1. The van der Waals surface area contributed by atoms with E-state index in [0.29, 0.717) is 11.5 Å². The van der Waals surface area contributed by atoms with Crippen molar-refractivity contribution in [3.05, 3.63) is 35.4 Å². The number of halogens is 1. The Morgan fingerprint density at radius 1 is 1.36 bits per heavy atom. The summed E-state index contributed by atoms with van der Waals surface area (Å²) in [6, 6.07) is 7.38. The molecule has 0 bridgehead atoms. The number of aliphatic hydroxyl groups is 1. The van der Waals surface area contributed by atoms with Crippen LogP contribution in [0.25, 0.3) is 0 Å². The first-order chi connectivity index (χ1) is 6.63. The lowest BCUT2D eigenvalue weighted by atomic mass is 10.00. The monoisotopic (exact) mass is 196 g/mol. The normalized spacial score (nSPS) is 13.2. The number of alkyl halides is 1. The Labute approximate surface area is 84.6 Å². The molecule has 2 heteroatoms. The average molecular weight is 196 g/mol. The first kappa shape index (κ1) is 11.2. The third-order valence-electron chi connectivity index (χ3n) is 2.12. The molecule has 1 rings (SSSR count). The third-order valence-corrected chi connectivity index (χ3v) is 2.12. The zero-order chi connectivity index (χ0) is 10.6. The molecule has 0 heterocycles. The van der Waals surface area contributed by atoms with Crippen LogP contribution in [0.2, 0.25) is 0 Å².